The number of carbonyl (C=O) groups excluding carboxylic acids is 1. The van der Waals surface area contributed by atoms with Crippen molar-refractivity contribution in [2.75, 3.05) is 0 Å². The van der Waals surface area contributed by atoms with Crippen molar-refractivity contribution in [1.29, 1.82) is 0 Å². The third-order valence-electron chi connectivity index (χ3n) is 4.76. The van der Waals surface area contributed by atoms with Gasteiger partial charge in [0.05, 0.1) is 0 Å². The van der Waals surface area contributed by atoms with Crippen molar-refractivity contribution in [3.05, 3.63) is 29.8 Å². The third-order valence-corrected chi connectivity index (χ3v) is 4.76. The number of hydrogen-bond donors (Lipinski definition) is 2. The zero-order valence-electron chi connectivity index (χ0n) is 11.1. The summed E-state index contributed by atoms with van der Waals surface area (Å²) in [6.45, 7) is 0.555. The van der Waals surface area contributed by atoms with Crippen LogP contribution in [0.2, 0.25) is 0 Å². The first-order valence-corrected chi connectivity index (χ1v) is 7.25. The van der Waals surface area contributed by atoms with E-state index in [-0.39, 0.29) is 11.7 Å². The van der Waals surface area contributed by atoms with E-state index in [2.05, 4.69) is 5.32 Å². The van der Waals surface area contributed by atoms with E-state index in [4.69, 9.17) is 0 Å². The highest BCUT2D eigenvalue weighted by molar-refractivity contribution is 5.76. The molecule has 102 valence electrons. The molecule has 0 aromatic heterocycles. The fourth-order valence-corrected chi connectivity index (χ4v) is 3.75. The molecule has 0 heterocycles. The summed E-state index contributed by atoms with van der Waals surface area (Å²) in [5.41, 5.74) is 1.03. The number of aromatic hydroxyl groups is 1. The molecule has 3 heteroatoms. The summed E-state index contributed by atoms with van der Waals surface area (Å²) in [5.74, 6) is 2.77. The fraction of sp³-hybridized carbons (Fsp3) is 0.562. The second kappa shape index (κ2) is 5.24. The first kappa shape index (κ1) is 12.5. The first-order valence-electron chi connectivity index (χ1n) is 7.25. The molecule has 0 saturated heterocycles. The predicted octanol–water partition coefficient (Wildman–Crippen LogP) is 2.83. The maximum absolute atomic E-state index is 12.0. The number of fused-ring (bicyclic) bond motifs is 2. The van der Waals surface area contributed by atoms with E-state index in [1.165, 1.54) is 25.7 Å². The highest BCUT2D eigenvalue weighted by Crippen LogP contribution is 2.49. The molecule has 0 spiro atoms. The topological polar surface area (TPSA) is 49.3 Å². The normalized spacial score (nSPS) is 28.5. The van der Waals surface area contributed by atoms with Gasteiger partial charge in [0, 0.05) is 13.0 Å². The number of rotatable bonds is 4. The number of phenols is 1. The average molecular weight is 259 g/mol. The SMILES string of the molecule is O=C(CC1CC2CCC1C2)NCc1ccc(O)cc1. The van der Waals surface area contributed by atoms with Gasteiger partial charge in [0.1, 0.15) is 5.75 Å². The van der Waals surface area contributed by atoms with E-state index in [1.54, 1.807) is 12.1 Å². The van der Waals surface area contributed by atoms with Crippen LogP contribution in [-0.4, -0.2) is 11.0 Å². The average Bonchev–Trinajstić information content (AvgIpc) is 3.00. The number of carbonyl (C=O) groups is 1. The summed E-state index contributed by atoms with van der Waals surface area (Å²) in [7, 11) is 0. The van der Waals surface area contributed by atoms with Crippen molar-refractivity contribution in [2.45, 2.75) is 38.6 Å². The monoisotopic (exact) mass is 259 g/mol. The number of amides is 1. The van der Waals surface area contributed by atoms with Gasteiger partial charge in [-0.05, 0) is 54.7 Å². The van der Waals surface area contributed by atoms with Crippen LogP contribution >= 0.6 is 0 Å². The first-order chi connectivity index (χ1) is 9.20. The van der Waals surface area contributed by atoms with Gasteiger partial charge in [-0.2, -0.15) is 0 Å². The highest BCUT2D eigenvalue weighted by Gasteiger charge is 2.39. The Morgan fingerprint density at radius 1 is 1.21 bits per heavy atom. The molecule has 3 nitrogen and oxygen atoms in total. The Morgan fingerprint density at radius 3 is 2.63 bits per heavy atom. The minimum absolute atomic E-state index is 0.172. The molecule has 3 atom stereocenters. The molecular formula is C16H21NO2. The van der Waals surface area contributed by atoms with Gasteiger partial charge in [-0.15, -0.1) is 0 Å². The lowest BCUT2D eigenvalue weighted by Crippen LogP contribution is -2.26. The molecule has 1 aromatic rings. The van der Waals surface area contributed by atoms with Crippen LogP contribution in [0.4, 0.5) is 0 Å². The van der Waals surface area contributed by atoms with Crippen LogP contribution in [0.15, 0.2) is 24.3 Å². The molecule has 2 N–H and O–H groups in total. The Kier molecular flexibility index (Phi) is 3.45. The summed E-state index contributed by atoms with van der Waals surface area (Å²) in [4.78, 5) is 12.0. The van der Waals surface area contributed by atoms with Crippen molar-refractivity contribution in [3.63, 3.8) is 0 Å². The quantitative estimate of drug-likeness (QED) is 0.873. The Hall–Kier alpha value is -1.51. The summed E-state index contributed by atoms with van der Waals surface area (Å²) in [6.07, 6.45) is 6.03. The molecule has 0 radical (unpaired) electrons. The van der Waals surface area contributed by atoms with E-state index < -0.39 is 0 Å². The molecule has 2 aliphatic carbocycles. The molecule has 3 unspecified atom stereocenters. The van der Waals surface area contributed by atoms with Gasteiger partial charge in [-0.3, -0.25) is 4.79 Å². The van der Waals surface area contributed by atoms with Crippen molar-refractivity contribution in [3.8, 4) is 5.75 Å². The number of nitrogens with one attached hydrogen (secondary N) is 1. The Balaban J connectivity index is 1.45. The zero-order valence-corrected chi connectivity index (χ0v) is 11.1. The molecule has 3 rings (SSSR count). The standard InChI is InChI=1S/C16H21NO2/c18-15-5-2-11(3-6-15)10-17-16(19)9-14-8-12-1-4-13(14)7-12/h2-3,5-6,12-14,18H,1,4,7-10H2,(H,17,19). The van der Waals surface area contributed by atoms with E-state index in [0.717, 1.165) is 17.4 Å². The minimum atomic E-state index is 0.172. The van der Waals surface area contributed by atoms with Crippen LogP contribution in [-0.2, 0) is 11.3 Å². The second-order valence-electron chi connectivity index (χ2n) is 6.08. The van der Waals surface area contributed by atoms with Crippen molar-refractivity contribution >= 4 is 5.91 Å². The Morgan fingerprint density at radius 2 is 2.00 bits per heavy atom. The van der Waals surface area contributed by atoms with Gasteiger partial charge in [0.2, 0.25) is 5.91 Å². The molecule has 2 saturated carbocycles. The van der Waals surface area contributed by atoms with Crippen LogP contribution in [0, 0.1) is 17.8 Å². The summed E-state index contributed by atoms with van der Waals surface area (Å²) >= 11 is 0. The Labute approximate surface area is 114 Å². The summed E-state index contributed by atoms with van der Waals surface area (Å²) < 4.78 is 0. The Bertz CT molecular complexity index is 454. The van der Waals surface area contributed by atoms with E-state index in [9.17, 15) is 9.90 Å². The predicted molar refractivity (Wildman–Crippen MR) is 73.5 cm³/mol. The van der Waals surface area contributed by atoms with Gasteiger partial charge in [0.25, 0.3) is 0 Å². The largest absolute Gasteiger partial charge is 0.508 e. The maximum atomic E-state index is 12.0. The number of phenolic OH excluding ortho intramolecular Hbond substituents is 1. The number of hydrogen-bond acceptors (Lipinski definition) is 2. The lowest BCUT2D eigenvalue weighted by Gasteiger charge is -2.20. The molecule has 0 aliphatic heterocycles. The third kappa shape index (κ3) is 2.91. The zero-order chi connectivity index (χ0) is 13.2. The van der Waals surface area contributed by atoms with Gasteiger partial charge in [0.15, 0.2) is 0 Å². The van der Waals surface area contributed by atoms with Crippen molar-refractivity contribution in [1.82, 2.24) is 5.32 Å². The molecule has 2 fully saturated rings. The smallest absolute Gasteiger partial charge is 0.220 e. The van der Waals surface area contributed by atoms with Crippen LogP contribution in [0.1, 0.15) is 37.7 Å². The highest BCUT2D eigenvalue weighted by atomic mass is 16.3. The van der Waals surface area contributed by atoms with E-state index >= 15 is 0 Å². The van der Waals surface area contributed by atoms with Crippen molar-refractivity contribution < 1.29 is 9.90 Å². The lowest BCUT2D eigenvalue weighted by molar-refractivity contribution is -0.122. The second-order valence-corrected chi connectivity index (χ2v) is 6.08. The minimum Gasteiger partial charge on any atom is -0.508 e. The van der Waals surface area contributed by atoms with Crippen molar-refractivity contribution in [2.24, 2.45) is 17.8 Å². The molecule has 2 aliphatic rings. The molecule has 1 aromatic carbocycles. The molecular weight excluding hydrogens is 238 g/mol. The maximum Gasteiger partial charge on any atom is 0.220 e. The molecule has 1 amide bonds. The molecule has 19 heavy (non-hydrogen) atoms. The van der Waals surface area contributed by atoms with Crippen LogP contribution in [0.25, 0.3) is 0 Å². The lowest BCUT2D eigenvalue weighted by atomic mass is 9.86. The van der Waals surface area contributed by atoms with Crippen LogP contribution in [0.3, 0.4) is 0 Å². The molecule has 2 bridgehead atoms. The van der Waals surface area contributed by atoms with E-state index in [1.807, 2.05) is 12.1 Å². The fourth-order valence-electron chi connectivity index (χ4n) is 3.75. The van der Waals surface area contributed by atoms with Gasteiger partial charge >= 0.3 is 0 Å². The summed E-state index contributed by atoms with van der Waals surface area (Å²) in [5, 5.41) is 12.2. The summed E-state index contributed by atoms with van der Waals surface area (Å²) in [6, 6.07) is 6.98. The van der Waals surface area contributed by atoms with Crippen LogP contribution in [0.5, 0.6) is 5.75 Å². The number of benzene rings is 1. The van der Waals surface area contributed by atoms with E-state index in [0.29, 0.717) is 18.9 Å². The van der Waals surface area contributed by atoms with Gasteiger partial charge in [-0.1, -0.05) is 18.6 Å². The van der Waals surface area contributed by atoms with Crippen LogP contribution < -0.4 is 5.32 Å². The van der Waals surface area contributed by atoms with Gasteiger partial charge < -0.3 is 10.4 Å². The van der Waals surface area contributed by atoms with Gasteiger partial charge in [-0.25, -0.2) is 0 Å².